The van der Waals surface area contributed by atoms with Gasteiger partial charge in [0.25, 0.3) is 17.7 Å². The molecule has 2 unspecified atom stereocenters. The molecule has 3 amide bonds. The second-order valence-corrected chi connectivity index (χ2v) is 6.97. The van der Waals surface area contributed by atoms with E-state index in [1.165, 1.54) is 33.1 Å². The number of benzene rings is 2. The van der Waals surface area contributed by atoms with Gasteiger partial charge in [-0.3, -0.25) is 19.3 Å². The van der Waals surface area contributed by atoms with Crippen LogP contribution in [0.3, 0.4) is 0 Å². The van der Waals surface area contributed by atoms with E-state index in [2.05, 4.69) is 5.32 Å². The summed E-state index contributed by atoms with van der Waals surface area (Å²) in [6.45, 7) is 4.66. The highest BCUT2D eigenvalue weighted by Crippen LogP contribution is 2.26. The Balaban J connectivity index is 1.67. The Morgan fingerprint density at radius 1 is 1.00 bits per heavy atom. The van der Waals surface area contributed by atoms with Crippen LogP contribution < -0.4 is 10.1 Å². The molecule has 0 bridgehead atoms. The summed E-state index contributed by atoms with van der Waals surface area (Å²) < 4.78 is 10.4. The first-order valence-corrected chi connectivity index (χ1v) is 9.37. The Morgan fingerprint density at radius 2 is 1.60 bits per heavy atom. The highest BCUT2D eigenvalue weighted by atomic mass is 16.5. The van der Waals surface area contributed by atoms with Crippen LogP contribution in [-0.2, 0) is 14.3 Å². The van der Waals surface area contributed by atoms with E-state index in [1.807, 2.05) is 13.0 Å². The van der Waals surface area contributed by atoms with Gasteiger partial charge < -0.3 is 14.8 Å². The van der Waals surface area contributed by atoms with Gasteiger partial charge in [0.05, 0.1) is 23.9 Å². The van der Waals surface area contributed by atoms with Crippen molar-refractivity contribution in [1.82, 2.24) is 4.90 Å². The molecular formula is C22H22N2O6. The number of imide groups is 1. The minimum atomic E-state index is -1.18. The first-order chi connectivity index (χ1) is 14.2. The molecule has 1 aliphatic rings. The number of hydrogen-bond donors (Lipinski definition) is 1. The molecule has 0 fully saturated rings. The lowest BCUT2D eigenvalue weighted by Crippen LogP contribution is -2.45. The van der Waals surface area contributed by atoms with Gasteiger partial charge in [0.2, 0.25) is 0 Å². The molecule has 0 saturated heterocycles. The molecule has 0 aromatic heterocycles. The van der Waals surface area contributed by atoms with Crippen LogP contribution in [0.1, 0.15) is 40.1 Å². The largest absolute Gasteiger partial charge is 0.495 e. The van der Waals surface area contributed by atoms with E-state index >= 15 is 0 Å². The standard InChI is InChI=1S/C22H22N2O6/c1-12-9-10-18(29-4)17(11-12)23-19(25)14(3)30-22(28)13(2)24-20(26)15-7-5-6-8-16(15)21(24)27/h5-11,13-14H,1-4H3,(H,23,25). The van der Waals surface area contributed by atoms with Crippen molar-refractivity contribution in [2.45, 2.75) is 32.9 Å². The summed E-state index contributed by atoms with van der Waals surface area (Å²) in [6, 6.07) is 10.4. The normalized spacial score (nSPS) is 14.7. The van der Waals surface area contributed by atoms with Gasteiger partial charge in [-0.15, -0.1) is 0 Å². The molecule has 30 heavy (non-hydrogen) atoms. The number of methoxy groups -OCH3 is 1. The fraction of sp³-hybridized carbons (Fsp3) is 0.273. The van der Waals surface area contributed by atoms with E-state index < -0.39 is 35.8 Å². The number of nitrogens with zero attached hydrogens (tertiary/aromatic N) is 1. The molecule has 8 heteroatoms. The fourth-order valence-electron chi connectivity index (χ4n) is 3.15. The van der Waals surface area contributed by atoms with Crippen LogP contribution in [-0.4, -0.2) is 47.8 Å². The quantitative estimate of drug-likeness (QED) is 0.580. The topological polar surface area (TPSA) is 102 Å². The van der Waals surface area contributed by atoms with Crippen molar-refractivity contribution in [2.24, 2.45) is 0 Å². The van der Waals surface area contributed by atoms with Crippen molar-refractivity contribution in [1.29, 1.82) is 0 Å². The summed E-state index contributed by atoms with van der Waals surface area (Å²) in [5, 5.41) is 2.66. The average Bonchev–Trinajstić information content (AvgIpc) is 2.98. The number of esters is 1. The van der Waals surface area contributed by atoms with E-state index in [-0.39, 0.29) is 11.1 Å². The van der Waals surface area contributed by atoms with Gasteiger partial charge in [-0.05, 0) is 50.6 Å². The van der Waals surface area contributed by atoms with Crippen molar-refractivity contribution in [3.8, 4) is 5.75 Å². The molecule has 8 nitrogen and oxygen atoms in total. The van der Waals surface area contributed by atoms with Crippen LogP contribution in [0.15, 0.2) is 42.5 Å². The predicted molar refractivity (Wildman–Crippen MR) is 108 cm³/mol. The third-order valence-corrected chi connectivity index (χ3v) is 4.83. The third kappa shape index (κ3) is 3.89. The van der Waals surface area contributed by atoms with Crippen LogP contribution in [0.2, 0.25) is 0 Å². The van der Waals surface area contributed by atoms with Gasteiger partial charge in [-0.2, -0.15) is 0 Å². The maximum absolute atomic E-state index is 12.5. The number of anilines is 1. The van der Waals surface area contributed by atoms with E-state index in [4.69, 9.17) is 9.47 Å². The summed E-state index contributed by atoms with van der Waals surface area (Å²) in [5.41, 5.74) is 1.83. The third-order valence-electron chi connectivity index (χ3n) is 4.83. The maximum Gasteiger partial charge on any atom is 0.329 e. The molecular weight excluding hydrogens is 388 g/mol. The Hall–Kier alpha value is -3.68. The second kappa shape index (κ2) is 8.36. The summed E-state index contributed by atoms with van der Waals surface area (Å²) in [7, 11) is 1.48. The van der Waals surface area contributed by atoms with Gasteiger partial charge >= 0.3 is 5.97 Å². The molecule has 2 aromatic carbocycles. The smallest absolute Gasteiger partial charge is 0.329 e. The monoisotopic (exact) mass is 410 g/mol. The minimum Gasteiger partial charge on any atom is -0.495 e. The Morgan fingerprint density at radius 3 is 2.17 bits per heavy atom. The summed E-state index contributed by atoms with van der Waals surface area (Å²) in [4.78, 5) is 50.9. The van der Waals surface area contributed by atoms with Gasteiger partial charge in [-0.25, -0.2) is 4.79 Å². The number of ether oxygens (including phenoxy) is 2. The number of carbonyl (C=O) groups excluding carboxylic acids is 4. The van der Waals surface area contributed by atoms with Crippen LogP contribution in [0, 0.1) is 6.92 Å². The van der Waals surface area contributed by atoms with E-state index in [1.54, 1.807) is 24.3 Å². The van der Waals surface area contributed by atoms with Crippen LogP contribution in [0.5, 0.6) is 5.75 Å². The molecule has 1 heterocycles. The number of amides is 3. The number of aryl methyl sites for hydroxylation is 1. The molecule has 2 aromatic rings. The Bertz CT molecular complexity index is 997. The number of rotatable bonds is 6. The van der Waals surface area contributed by atoms with E-state index in [9.17, 15) is 19.2 Å². The van der Waals surface area contributed by atoms with Crippen LogP contribution >= 0.6 is 0 Å². The number of carbonyl (C=O) groups is 4. The van der Waals surface area contributed by atoms with Crippen LogP contribution in [0.4, 0.5) is 5.69 Å². The lowest BCUT2D eigenvalue weighted by atomic mass is 10.1. The lowest BCUT2D eigenvalue weighted by Gasteiger charge is -2.23. The van der Waals surface area contributed by atoms with Gasteiger partial charge in [-0.1, -0.05) is 18.2 Å². The second-order valence-electron chi connectivity index (χ2n) is 6.97. The summed E-state index contributed by atoms with van der Waals surface area (Å²) in [5.74, 6) is -2.10. The summed E-state index contributed by atoms with van der Waals surface area (Å²) in [6.07, 6.45) is -1.15. The Labute approximate surface area is 173 Å². The van der Waals surface area contributed by atoms with E-state index in [0.29, 0.717) is 11.4 Å². The zero-order chi connectivity index (χ0) is 22.0. The Kier molecular flexibility index (Phi) is 5.86. The lowest BCUT2D eigenvalue weighted by molar-refractivity contribution is -0.156. The minimum absolute atomic E-state index is 0.236. The first kappa shape index (κ1) is 21.0. The van der Waals surface area contributed by atoms with Crippen molar-refractivity contribution >= 4 is 29.4 Å². The average molecular weight is 410 g/mol. The van der Waals surface area contributed by atoms with Crippen molar-refractivity contribution in [3.05, 3.63) is 59.2 Å². The fourth-order valence-corrected chi connectivity index (χ4v) is 3.15. The van der Waals surface area contributed by atoms with Gasteiger partial charge in [0.1, 0.15) is 11.8 Å². The van der Waals surface area contributed by atoms with Crippen molar-refractivity contribution in [3.63, 3.8) is 0 Å². The number of hydrogen-bond acceptors (Lipinski definition) is 6. The number of fused-ring (bicyclic) bond motifs is 1. The van der Waals surface area contributed by atoms with Crippen molar-refractivity contribution < 1.29 is 28.7 Å². The SMILES string of the molecule is COc1ccc(C)cc1NC(=O)C(C)OC(=O)C(C)N1C(=O)c2ccccc2C1=O. The molecule has 1 aliphatic heterocycles. The van der Waals surface area contributed by atoms with Gasteiger partial charge in [0.15, 0.2) is 6.10 Å². The molecule has 3 rings (SSSR count). The van der Waals surface area contributed by atoms with E-state index in [0.717, 1.165) is 10.5 Å². The maximum atomic E-state index is 12.5. The van der Waals surface area contributed by atoms with Crippen molar-refractivity contribution in [2.75, 3.05) is 12.4 Å². The summed E-state index contributed by atoms with van der Waals surface area (Å²) >= 11 is 0. The zero-order valence-corrected chi connectivity index (χ0v) is 17.1. The van der Waals surface area contributed by atoms with Gasteiger partial charge in [0, 0.05) is 0 Å². The molecule has 156 valence electrons. The molecule has 0 radical (unpaired) electrons. The highest BCUT2D eigenvalue weighted by Gasteiger charge is 2.41. The first-order valence-electron chi connectivity index (χ1n) is 9.37. The zero-order valence-electron chi connectivity index (χ0n) is 17.1. The predicted octanol–water partition coefficient (Wildman–Crippen LogP) is 2.56. The molecule has 0 saturated carbocycles. The molecule has 1 N–H and O–H groups in total. The van der Waals surface area contributed by atoms with Crippen LogP contribution in [0.25, 0.3) is 0 Å². The molecule has 0 spiro atoms. The molecule has 2 atom stereocenters. The number of nitrogens with one attached hydrogen (secondary N) is 1. The molecule has 0 aliphatic carbocycles. The highest BCUT2D eigenvalue weighted by molar-refractivity contribution is 6.22.